The van der Waals surface area contributed by atoms with E-state index >= 15 is 0 Å². The van der Waals surface area contributed by atoms with E-state index in [0.717, 1.165) is 0 Å². The minimum atomic E-state index is -1.15. The van der Waals surface area contributed by atoms with E-state index in [0.29, 0.717) is 16.8 Å². The Balaban J connectivity index is 2.46. The maximum atomic E-state index is 12.6. The van der Waals surface area contributed by atoms with E-state index < -0.39 is 39.7 Å². The number of anilines is 1. The largest absolute Gasteiger partial charge is 0.443 e. The summed E-state index contributed by atoms with van der Waals surface area (Å²) in [5.41, 5.74) is -0.894. The van der Waals surface area contributed by atoms with Crippen LogP contribution in [0.5, 0.6) is 0 Å². The number of esters is 2. The van der Waals surface area contributed by atoms with E-state index in [9.17, 15) is 24.5 Å². The highest BCUT2D eigenvalue weighted by molar-refractivity contribution is 6.05. The van der Waals surface area contributed by atoms with Crippen molar-refractivity contribution < 1.29 is 28.8 Å². The van der Waals surface area contributed by atoms with Gasteiger partial charge in [-0.15, -0.1) is 0 Å². The molecule has 0 spiro atoms. The summed E-state index contributed by atoms with van der Waals surface area (Å²) in [6, 6.07) is 10.7. The van der Waals surface area contributed by atoms with Gasteiger partial charge in [0, 0.05) is 24.3 Å². The third-order valence-electron chi connectivity index (χ3n) is 5.00. The minimum absolute atomic E-state index is 0.0595. The van der Waals surface area contributed by atoms with Gasteiger partial charge in [-0.2, -0.15) is 0 Å². The molecule has 0 N–H and O–H groups in total. The number of hydrogen-bond donors (Lipinski definition) is 0. The summed E-state index contributed by atoms with van der Waals surface area (Å²) in [7, 11) is 1.53. The number of rotatable bonds is 5. The number of para-hydroxylation sites is 1. The summed E-state index contributed by atoms with van der Waals surface area (Å²) < 4.78 is 10.3. The summed E-state index contributed by atoms with van der Waals surface area (Å²) in [4.78, 5) is 49.8. The van der Waals surface area contributed by atoms with Crippen LogP contribution in [-0.4, -0.2) is 35.6 Å². The maximum absolute atomic E-state index is 12.6. The quantitative estimate of drug-likeness (QED) is 0.171. The van der Waals surface area contributed by atoms with E-state index in [1.54, 1.807) is 65.8 Å². The van der Waals surface area contributed by atoms with Crippen LogP contribution in [0.1, 0.15) is 51.9 Å². The van der Waals surface area contributed by atoms with Crippen LogP contribution in [0.15, 0.2) is 54.6 Å². The molecule has 0 unspecified atom stereocenters. The highest BCUT2D eigenvalue weighted by Crippen LogP contribution is 2.35. The number of nitro groups is 1. The number of amides is 1. The Labute approximate surface area is 204 Å². The first-order chi connectivity index (χ1) is 16.0. The number of nitrogens with zero attached hydrogens (tertiary/aromatic N) is 2. The average molecular weight is 483 g/mol. The van der Waals surface area contributed by atoms with Gasteiger partial charge in [0.2, 0.25) is 0 Å². The monoisotopic (exact) mass is 482 g/mol. The molecule has 0 saturated heterocycles. The number of carbonyl (C=O) groups excluding carboxylic acids is 3. The van der Waals surface area contributed by atoms with E-state index in [2.05, 4.69) is 6.58 Å². The lowest BCUT2D eigenvalue weighted by molar-refractivity contribution is -0.385. The van der Waals surface area contributed by atoms with Crippen molar-refractivity contribution in [3.8, 4) is 11.1 Å². The van der Waals surface area contributed by atoms with Crippen molar-refractivity contribution in [2.75, 3.05) is 11.9 Å². The second-order valence-electron chi connectivity index (χ2n) is 9.95. The van der Waals surface area contributed by atoms with Crippen molar-refractivity contribution in [1.29, 1.82) is 0 Å². The molecule has 9 heteroatoms. The Bertz CT molecular complexity index is 1190. The second-order valence-corrected chi connectivity index (χ2v) is 9.95. The summed E-state index contributed by atoms with van der Waals surface area (Å²) in [6.45, 7) is 14.1. The summed E-state index contributed by atoms with van der Waals surface area (Å²) in [5, 5.41) is 11.8. The van der Waals surface area contributed by atoms with Gasteiger partial charge in [-0.25, -0.2) is 14.4 Å². The van der Waals surface area contributed by atoms with E-state index in [4.69, 9.17) is 9.47 Å². The average Bonchev–Trinajstić information content (AvgIpc) is 2.75. The normalized spacial score (nSPS) is 11.4. The van der Waals surface area contributed by atoms with Gasteiger partial charge in [-0.05, 0) is 43.9 Å². The number of nitro benzene ring substituents is 1. The molecule has 0 radical (unpaired) electrons. The van der Waals surface area contributed by atoms with Crippen molar-refractivity contribution in [1.82, 2.24) is 0 Å². The predicted molar refractivity (Wildman–Crippen MR) is 132 cm³/mol. The van der Waals surface area contributed by atoms with Crippen LogP contribution >= 0.6 is 0 Å². The smallest absolute Gasteiger partial charge is 0.414 e. The van der Waals surface area contributed by atoms with E-state index in [1.807, 2.05) is 0 Å². The Morgan fingerprint density at radius 3 is 2.14 bits per heavy atom. The molecule has 35 heavy (non-hydrogen) atoms. The topological polar surface area (TPSA) is 116 Å². The molecule has 0 atom stereocenters. The molecule has 0 bridgehead atoms. The first-order valence-electron chi connectivity index (χ1n) is 10.8. The van der Waals surface area contributed by atoms with Gasteiger partial charge in [0.1, 0.15) is 11.2 Å². The van der Waals surface area contributed by atoms with Crippen LogP contribution < -0.4 is 4.90 Å². The van der Waals surface area contributed by atoms with Gasteiger partial charge in [-0.3, -0.25) is 15.0 Å². The molecule has 0 fully saturated rings. The predicted octanol–water partition coefficient (Wildman–Crippen LogP) is 5.92. The Hall–Kier alpha value is -4.01. The van der Waals surface area contributed by atoms with Crippen molar-refractivity contribution in [2.45, 2.75) is 47.1 Å². The molecular formula is C26H30N2O7. The lowest BCUT2D eigenvalue weighted by Crippen LogP contribution is -2.34. The zero-order valence-corrected chi connectivity index (χ0v) is 21.0. The Kier molecular flexibility index (Phi) is 7.85. The highest BCUT2D eigenvalue weighted by Gasteiger charge is 2.29. The fourth-order valence-corrected chi connectivity index (χ4v) is 2.97. The third-order valence-corrected chi connectivity index (χ3v) is 5.00. The van der Waals surface area contributed by atoms with Crippen LogP contribution in [0.25, 0.3) is 11.1 Å². The Morgan fingerprint density at radius 1 is 1.00 bits per heavy atom. The molecule has 2 rings (SSSR count). The minimum Gasteiger partial charge on any atom is -0.443 e. The molecule has 0 aliphatic rings. The van der Waals surface area contributed by atoms with E-state index in [-0.39, 0.29) is 11.1 Å². The first-order valence-corrected chi connectivity index (χ1v) is 10.8. The van der Waals surface area contributed by atoms with Gasteiger partial charge < -0.3 is 9.47 Å². The van der Waals surface area contributed by atoms with E-state index in [1.165, 1.54) is 30.1 Å². The lowest BCUT2D eigenvalue weighted by atomic mass is 9.88. The molecule has 9 nitrogen and oxygen atoms in total. The molecule has 0 aliphatic heterocycles. The van der Waals surface area contributed by atoms with Gasteiger partial charge in [0.05, 0.1) is 10.6 Å². The SMILES string of the molecule is C=C(C(=O)OC(=O)c1ccc(-c2ccccc2N(C)C(=O)OC(C)(C)C)cc1[N+](=O)[O-])C(C)(C)C. The zero-order valence-electron chi connectivity index (χ0n) is 21.0. The van der Waals surface area contributed by atoms with Crippen molar-refractivity contribution >= 4 is 29.4 Å². The van der Waals surface area contributed by atoms with Crippen LogP contribution in [0.3, 0.4) is 0 Å². The van der Waals surface area contributed by atoms with Gasteiger partial charge >= 0.3 is 18.0 Å². The van der Waals surface area contributed by atoms with Crippen molar-refractivity contribution in [2.24, 2.45) is 5.41 Å². The summed E-state index contributed by atoms with van der Waals surface area (Å²) in [5.74, 6) is -2.11. The molecule has 2 aromatic carbocycles. The van der Waals surface area contributed by atoms with Crippen LogP contribution in [0.4, 0.5) is 16.2 Å². The van der Waals surface area contributed by atoms with Crippen LogP contribution in [0.2, 0.25) is 0 Å². The standard InChI is InChI=1S/C26H30N2O7/c1-16(25(2,3)4)22(29)34-23(30)19-14-13-17(15-21(19)28(32)33)18-11-9-10-12-20(18)27(8)24(31)35-26(5,6)7/h9-15H,1H2,2-8H3. The second kappa shape index (κ2) is 10.1. The third kappa shape index (κ3) is 6.75. The van der Waals surface area contributed by atoms with Crippen LogP contribution in [0, 0.1) is 15.5 Å². The first kappa shape index (κ1) is 27.2. The molecule has 1 amide bonds. The number of carbonyl (C=O) groups is 3. The Morgan fingerprint density at radius 2 is 1.60 bits per heavy atom. The van der Waals surface area contributed by atoms with Crippen LogP contribution in [-0.2, 0) is 14.3 Å². The van der Waals surface area contributed by atoms with Gasteiger partial charge in [0.25, 0.3) is 5.69 Å². The molecule has 0 aromatic heterocycles. The fraction of sp³-hybridized carbons (Fsp3) is 0.346. The molecule has 0 saturated carbocycles. The molecule has 2 aromatic rings. The number of benzene rings is 2. The fourth-order valence-electron chi connectivity index (χ4n) is 2.97. The van der Waals surface area contributed by atoms with Gasteiger partial charge in [-0.1, -0.05) is 51.6 Å². The highest BCUT2D eigenvalue weighted by atomic mass is 16.6. The molecule has 186 valence electrons. The number of hydrogen-bond acceptors (Lipinski definition) is 7. The van der Waals surface area contributed by atoms with Crippen molar-refractivity contribution in [3.05, 3.63) is 70.3 Å². The molecule has 0 aliphatic carbocycles. The van der Waals surface area contributed by atoms with Gasteiger partial charge in [0.15, 0.2) is 0 Å². The lowest BCUT2D eigenvalue weighted by Gasteiger charge is -2.26. The van der Waals surface area contributed by atoms with Crippen molar-refractivity contribution in [3.63, 3.8) is 0 Å². The maximum Gasteiger partial charge on any atom is 0.414 e. The zero-order chi connectivity index (χ0) is 26.7. The molecule has 0 heterocycles. The number of ether oxygens (including phenoxy) is 2. The summed E-state index contributed by atoms with van der Waals surface area (Å²) in [6.07, 6.45) is -0.600. The summed E-state index contributed by atoms with van der Waals surface area (Å²) >= 11 is 0. The molecular weight excluding hydrogens is 452 g/mol.